The summed E-state index contributed by atoms with van der Waals surface area (Å²) < 4.78 is 4.96. The summed E-state index contributed by atoms with van der Waals surface area (Å²) >= 11 is 0. The maximum Gasteiger partial charge on any atom is 0.322 e. The second-order valence-corrected chi connectivity index (χ2v) is 5.20. The number of rotatable bonds is 6. The molecule has 0 saturated heterocycles. The lowest BCUT2D eigenvalue weighted by Crippen LogP contribution is -2.30. The van der Waals surface area contributed by atoms with Gasteiger partial charge in [0.05, 0.1) is 12.1 Å². The van der Waals surface area contributed by atoms with Gasteiger partial charge in [-0.2, -0.15) is 0 Å². The molecule has 126 valence electrons. The number of anilines is 1. The van der Waals surface area contributed by atoms with Crippen molar-refractivity contribution < 1.29 is 24.0 Å². The van der Waals surface area contributed by atoms with Crippen LogP contribution in [0.3, 0.4) is 0 Å². The minimum atomic E-state index is -1.10. The third-order valence-corrected chi connectivity index (χ3v) is 3.27. The van der Waals surface area contributed by atoms with Gasteiger partial charge in [0, 0.05) is 5.69 Å². The molecule has 0 atom stereocenters. The van der Waals surface area contributed by atoms with Crippen molar-refractivity contribution in [3.63, 3.8) is 0 Å². The van der Waals surface area contributed by atoms with E-state index in [4.69, 9.17) is 9.63 Å². The quantitative estimate of drug-likeness (QED) is 0.733. The fourth-order valence-corrected chi connectivity index (χ4v) is 2.13. The molecule has 8 heteroatoms. The Bertz CT molecular complexity index is 745. The van der Waals surface area contributed by atoms with Gasteiger partial charge in [0.1, 0.15) is 17.9 Å². The highest BCUT2D eigenvalue weighted by Gasteiger charge is 2.17. The van der Waals surface area contributed by atoms with Crippen molar-refractivity contribution in [3.8, 4) is 0 Å². The average Bonchev–Trinajstić information content (AvgIpc) is 2.86. The van der Waals surface area contributed by atoms with Crippen LogP contribution in [-0.2, 0) is 16.0 Å². The molecule has 2 rings (SSSR count). The molecule has 24 heavy (non-hydrogen) atoms. The molecular formula is C16H17N3O5. The predicted octanol–water partition coefficient (Wildman–Crippen LogP) is 1.29. The van der Waals surface area contributed by atoms with E-state index in [-0.39, 0.29) is 18.2 Å². The second-order valence-electron chi connectivity index (χ2n) is 5.20. The lowest BCUT2D eigenvalue weighted by atomic mass is 10.1. The minimum Gasteiger partial charge on any atom is -0.480 e. The minimum absolute atomic E-state index is 0.0609. The topological polar surface area (TPSA) is 122 Å². The average molecular weight is 331 g/mol. The van der Waals surface area contributed by atoms with Crippen molar-refractivity contribution in [3.05, 3.63) is 46.8 Å². The Kier molecular flexibility index (Phi) is 5.31. The second kappa shape index (κ2) is 7.40. The number of carbonyl (C=O) groups excluding carboxylic acids is 2. The van der Waals surface area contributed by atoms with Crippen molar-refractivity contribution in [2.45, 2.75) is 20.3 Å². The third kappa shape index (κ3) is 4.42. The van der Waals surface area contributed by atoms with Crippen molar-refractivity contribution in [2.24, 2.45) is 0 Å². The van der Waals surface area contributed by atoms with Gasteiger partial charge in [-0.05, 0) is 31.5 Å². The van der Waals surface area contributed by atoms with Crippen LogP contribution in [0, 0.1) is 13.8 Å². The maximum absolute atomic E-state index is 12.2. The number of aryl methyl sites for hydroxylation is 2. The third-order valence-electron chi connectivity index (χ3n) is 3.27. The fourth-order valence-electron chi connectivity index (χ4n) is 2.13. The molecule has 0 saturated carbocycles. The van der Waals surface area contributed by atoms with E-state index >= 15 is 0 Å². The van der Waals surface area contributed by atoms with Crippen LogP contribution in [0.2, 0.25) is 0 Å². The Balaban J connectivity index is 1.96. The Hall–Kier alpha value is -3.16. The number of nitrogens with zero attached hydrogens (tertiary/aromatic N) is 1. The molecule has 0 unspecified atom stereocenters. The number of nitrogens with one attached hydrogen (secondary N) is 2. The van der Waals surface area contributed by atoms with Crippen LogP contribution < -0.4 is 10.6 Å². The number of aromatic nitrogens is 1. The number of carboxylic acid groups (broad SMARTS) is 1. The number of hydrogen-bond acceptors (Lipinski definition) is 5. The first-order chi connectivity index (χ1) is 11.4. The van der Waals surface area contributed by atoms with Gasteiger partial charge in [-0.25, -0.2) is 0 Å². The van der Waals surface area contributed by atoms with Crippen LogP contribution in [0.1, 0.15) is 27.4 Å². The Morgan fingerprint density at radius 3 is 2.38 bits per heavy atom. The summed E-state index contributed by atoms with van der Waals surface area (Å²) in [5.41, 5.74) is 2.17. The van der Waals surface area contributed by atoms with E-state index in [9.17, 15) is 14.4 Å². The summed E-state index contributed by atoms with van der Waals surface area (Å²) in [6.07, 6.45) is 0.0609. The number of carbonyl (C=O) groups is 3. The zero-order valence-electron chi connectivity index (χ0n) is 13.3. The largest absolute Gasteiger partial charge is 0.480 e. The first kappa shape index (κ1) is 17.2. The summed E-state index contributed by atoms with van der Waals surface area (Å²) in [4.78, 5) is 34.1. The first-order valence-electron chi connectivity index (χ1n) is 7.18. The van der Waals surface area contributed by atoms with E-state index in [0.29, 0.717) is 28.3 Å². The monoisotopic (exact) mass is 331 g/mol. The summed E-state index contributed by atoms with van der Waals surface area (Å²) in [6, 6.07) is 6.69. The van der Waals surface area contributed by atoms with Crippen LogP contribution >= 0.6 is 0 Å². The number of benzene rings is 1. The molecule has 2 amide bonds. The van der Waals surface area contributed by atoms with Crippen LogP contribution in [0.4, 0.5) is 5.69 Å². The number of hydrogen-bond donors (Lipinski definition) is 3. The zero-order chi connectivity index (χ0) is 17.7. The van der Waals surface area contributed by atoms with E-state index in [1.165, 1.54) is 0 Å². The smallest absolute Gasteiger partial charge is 0.322 e. The van der Waals surface area contributed by atoms with E-state index < -0.39 is 12.5 Å². The summed E-state index contributed by atoms with van der Waals surface area (Å²) in [6.45, 7) is 2.93. The summed E-state index contributed by atoms with van der Waals surface area (Å²) in [7, 11) is 0. The number of carboxylic acids is 1. The van der Waals surface area contributed by atoms with Crippen LogP contribution in [-0.4, -0.2) is 34.6 Å². The van der Waals surface area contributed by atoms with Crippen LogP contribution in [0.15, 0.2) is 28.8 Å². The Morgan fingerprint density at radius 1 is 1.17 bits per heavy atom. The molecule has 0 radical (unpaired) electrons. The van der Waals surface area contributed by atoms with Gasteiger partial charge in [0.25, 0.3) is 5.91 Å². The molecule has 1 aromatic carbocycles. The molecular weight excluding hydrogens is 314 g/mol. The number of aliphatic carboxylic acids is 1. The lowest BCUT2D eigenvalue weighted by Gasteiger charge is -2.07. The Labute approximate surface area is 137 Å². The van der Waals surface area contributed by atoms with Crippen LogP contribution in [0.5, 0.6) is 0 Å². The molecule has 0 aliphatic heterocycles. The van der Waals surface area contributed by atoms with E-state index in [0.717, 1.165) is 0 Å². The molecule has 2 aromatic rings. The van der Waals surface area contributed by atoms with E-state index in [1.54, 1.807) is 38.1 Å². The molecule has 0 spiro atoms. The molecule has 8 nitrogen and oxygen atoms in total. The SMILES string of the molecule is Cc1noc(C)c1C(=O)Nc1ccc(CC(=O)NCC(=O)O)cc1. The highest BCUT2D eigenvalue weighted by atomic mass is 16.5. The van der Waals surface area contributed by atoms with Gasteiger partial charge in [-0.1, -0.05) is 17.3 Å². The summed E-state index contributed by atoms with van der Waals surface area (Å²) in [5.74, 6) is -1.36. The summed E-state index contributed by atoms with van der Waals surface area (Å²) in [5, 5.41) is 17.2. The van der Waals surface area contributed by atoms with Gasteiger partial charge in [0.2, 0.25) is 5.91 Å². The maximum atomic E-state index is 12.2. The Morgan fingerprint density at radius 2 is 1.83 bits per heavy atom. The lowest BCUT2D eigenvalue weighted by molar-refractivity contribution is -0.137. The normalized spacial score (nSPS) is 10.2. The van der Waals surface area contributed by atoms with Crippen LogP contribution in [0.25, 0.3) is 0 Å². The highest BCUT2D eigenvalue weighted by molar-refractivity contribution is 6.05. The van der Waals surface area contributed by atoms with Gasteiger partial charge >= 0.3 is 5.97 Å². The highest BCUT2D eigenvalue weighted by Crippen LogP contribution is 2.16. The van der Waals surface area contributed by atoms with E-state index in [2.05, 4.69) is 15.8 Å². The molecule has 0 aliphatic rings. The molecule has 0 fully saturated rings. The molecule has 3 N–H and O–H groups in total. The van der Waals surface area contributed by atoms with Gasteiger partial charge in [-0.15, -0.1) is 0 Å². The molecule has 0 bridgehead atoms. The van der Waals surface area contributed by atoms with Crippen molar-refractivity contribution >= 4 is 23.5 Å². The van der Waals surface area contributed by atoms with Crippen molar-refractivity contribution in [2.75, 3.05) is 11.9 Å². The van der Waals surface area contributed by atoms with Crippen molar-refractivity contribution in [1.29, 1.82) is 0 Å². The van der Waals surface area contributed by atoms with Gasteiger partial charge in [-0.3, -0.25) is 14.4 Å². The molecule has 1 aromatic heterocycles. The first-order valence-corrected chi connectivity index (χ1v) is 7.18. The molecule has 1 heterocycles. The van der Waals surface area contributed by atoms with E-state index in [1.807, 2.05) is 0 Å². The molecule has 0 aliphatic carbocycles. The van der Waals surface area contributed by atoms with Gasteiger partial charge in [0.15, 0.2) is 0 Å². The zero-order valence-corrected chi connectivity index (χ0v) is 13.3. The van der Waals surface area contributed by atoms with Gasteiger partial charge < -0.3 is 20.3 Å². The fraction of sp³-hybridized carbons (Fsp3) is 0.250. The standard InChI is InChI=1S/C16H17N3O5/c1-9-15(10(2)24-19-9)16(23)18-12-5-3-11(4-6-12)7-13(20)17-8-14(21)22/h3-6H,7-8H2,1-2H3,(H,17,20)(H,18,23)(H,21,22). The van der Waals surface area contributed by atoms with Crippen molar-refractivity contribution in [1.82, 2.24) is 10.5 Å². The predicted molar refractivity (Wildman–Crippen MR) is 84.7 cm³/mol. The number of amides is 2.